The second-order valence-electron chi connectivity index (χ2n) is 5.17. The molecule has 0 radical (unpaired) electrons. The van der Waals surface area contributed by atoms with E-state index in [1.807, 2.05) is 12.1 Å². The summed E-state index contributed by atoms with van der Waals surface area (Å²) >= 11 is 5.96. The number of fused-ring (bicyclic) bond motifs is 1. The maximum atomic E-state index is 5.96. The van der Waals surface area contributed by atoms with E-state index in [-0.39, 0.29) is 0 Å². The minimum absolute atomic E-state index is 0.524. The van der Waals surface area contributed by atoms with E-state index < -0.39 is 0 Å². The summed E-state index contributed by atoms with van der Waals surface area (Å²) in [6, 6.07) is 14.3. The molecule has 2 heterocycles. The van der Waals surface area contributed by atoms with E-state index in [1.54, 1.807) is 6.07 Å². The van der Waals surface area contributed by atoms with Crippen molar-refractivity contribution in [2.75, 3.05) is 18.0 Å². The summed E-state index contributed by atoms with van der Waals surface area (Å²) in [5.41, 5.74) is 9.44. The Morgan fingerprint density at radius 2 is 2.05 bits per heavy atom. The fraction of sp³-hybridized carbons (Fsp3) is 0.312. The first-order chi connectivity index (χ1) is 9.78. The Balaban J connectivity index is 1.85. The highest BCUT2D eigenvalue weighted by Gasteiger charge is 2.27. The molecule has 1 aliphatic heterocycles. The maximum absolute atomic E-state index is 5.96. The highest BCUT2D eigenvalue weighted by molar-refractivity contribution is 6.29. The maximum Gasteiger partial charge on any atom is 0.129 e. The number of aromatic nitrogens is 1. The zero-order valence-electron chi connectivity index (χ0n) is 11.3. The quantitative estimate of drug-likeness (QED) is 0.878. The van der Waals surface area contributed by atoms with Gasteiger partial charge in [-0.15, -0.1) is 0 Å². The van der Waals surface area contributed by atoms with E-state index in [1.165, 1.54) is 11.3 Å². The van der Waals surface area contributed by atoms with E-state index in [0.717, 1.165) is 31.7 Å². The zero-order valence-corrected chi connectivity index (χ0v) is 12.1. The third-order valence-electron chi connectivity index (χ3n) is 3.80. The van der Waals surface area contributed by atoms with Crippen LogP contribution in [-0.2, 0) is 6.54 Å². The van der Waals surface area contributed by atoms with Crippen LogP contribution in [0, 0.1) is 0 Å². The number of hydrogen-bond donors (Lipinski definition) is 1. The van der Waals surface area contributed by atoms with Gasteiger partial charge in [-0.25, -0.2) is 4.98 Å². The number of benzene rings is 1. The second-order valence-corrected chi connectivity index (χ2v) is 5.55. The highest BCUT2D eigenvalue weighted by Crippen LogP contribution is 2.38. The van der Waals surface area contributed by atoms with Crippen LogP contribution in [0.25, 0.3) is 0 Å². The molecule has 1 aromatic carbocycles. The van der Waals surface area contributed by atoms with E-state index in [0.29, 0.717) is 11.1 Å². The van der Waals surface area contributed by atoms with Crippen molar-refractivity contribution in [1.29, 1.82) is 0 Å². The summed E-state index contributed by atoms with van der Waals surface area (Å²) < 4.78 is 0. The third kappa shape index (κ3) is 2.65. The van der Waals surface area contributed by atoms with Gasteiger partial charge in [0.1, 0.15) is 5.15 Å². The van der Waals surface area contributed by atoms with Gasteiger partial charge in [0.15, 0.2) is 0 Å². The summed E-state index contributed by atoms with van der Waals surface area (Å²) in [6.45, 7) is 2.52. The van der Waals surface area contributed by atoms with Crippen molar-refractivity contribution in [2.45, 2.75) is 18.9 Å². The molecule has 0 saturated heterocycles. The molecule has 4 heteroatoms. The average Bonchev–Trinajstić information content (AvgIpc) is 2.78. The SMILES string of the molecule is NCCC1CN(Cc2cccc(Cl)n2)c2ccccc21. The number of hydrogen-bond acceptors (Lipinski definition) is 3. The minimum atomic E-state index is 0.524. The van der Waals surface area contributed by atoms with Crippen molar-refractivity contribution in [3.05, 3.63) is 58.9 Å². The minimum Gasteiger partial charge on any atom is -0.365 e. The Morgan fingerprint density at radius 1 is 1.20 bits per heavy atom. The number of anilines is 1. The van der Waals surface area contributed by atoms with Gasteiger partial charge in [-0.1, -0.05) is 35.9 Å². The zero-order chi connectivity index (χ0) is 13.9. The van der Waals surface area contributed by atoms with Gasteiger partial charge < -0.3 is 10.6 Å². The molecule has 0 bridgehead atoms. The van der Waals surface area contributed by atoms with Crippen LogP contribution < -0.4 is 10.6 Å². The van der Waals surface area contributed by atoms with E-state index in [4.69, 9.17) is 17.3 Å². The van der Waals surface area contributed by atoms with Gasteiger partial charge in [0.25, 0.3) is 0 Å². The van der Waals surface area contributed by atoms with Crippen LogP contribution >= 0.6 is 11.6 Å². The van der Waals surface area contributed by atoms with Crippen LogP contribution in [-0.4, -0.2) is 18.1 Å². The van der Waals surface area contributed by atoms with Crippen LogP contribution in [0.5, 0.6) is 0 Å². The van der Waals surface area contributed by atoms with E-state index >= 15 is 0 Å². The molecule has 0 fully saturated rings. The number of para-hydroxylation sites is 1. The van der Waals surface area contributed by atoms with Crippen LogP contribution in [0.15, 0.2) is 42.5 Å². The first-order valence-corrected chi connectivity index (χ1v) is 7.31. The second kappa shape index (κ2) is 5.81. The molecule has 0 aliphatic carbocycles. The van der Waals surface area contributed by atoms with E-state index in [9.17, 15) is 0 Å². The molecule has 104 valence electrons. The van der Waals surface area contributed by atoms with Crippen LogP contribution in [0.3, 0.4) is 0 Å². The lowest BCUT2D eigenvalue weighted by molar-refractivity contribution is 0.641. The first-order valence-electron chi connectivity index (χ1n) is 6.93. The van der Waals surface area contributed by atoms with Gasteiger partial charge in [-0.2, -0.15) is 0 Å². The number of halogens is 1. The van der Waals surface area contributed by atoms with Gasteiger partial charge in [0, 0.05) is 18.2 Å². The van der Waals surface area contributed by atoms with Crippen molar-refractivity contribution in [3.63, 3.8) is 0 Å². The predicted octanol–water partition coefficient (Wildman–Crippen LogP) is 3.19. The molecule has 1 aliphatic rings. The van der Waals surface area contributed by atoms with Gasteiger partial charge in [-0.05, 0) is 36.7 Å². The molecule has 1 atom stereocenters. The highest BCUT2D eigenvalue weighted by atomic mass is 35.5. The molecular weight excluding hydrogens is 270 g/mol. The van der Waals surface area contributed by atoms with Crippen LogP contribution in [0.4, 0.5) is 5.69 Å². The molecule has 1 unspecified atom stereocenters. The Kier molecular flexibility index (Phi) is 3.90. The van der Waals surface area contributed by atoms with Crippen molar-refractivity contribution >= 4 is 17.3 Å². The fourth-order valence-corrected chi connectivity index (χ4v) is 3.10. The molecule has 0 saturated carbocycles. The lowest BCUT2D eigenvalue weighted by Crippen LogP contribution is -2.22. The normalized spacial score (nSPS) is 17.3. The van der Waals surface area contributed by atoms with Gasteiger partial charge in [0.2, 0.25) is 0 Å². The molecule has 2 N–H and O–H groups in total. The van der Waals surface area contributed by atoms with Crippen LogP contribution in [0.2, 0.25) is 5.15 Å². The molecule has 0 amide bonds. The first kappa shape index (κ1) is 13.4. The topological polar surface area (TPSA) is 42.1 Å². The Bertz CT molecular complexity index is 600. The monoisotopic (exact) mass is 287 g/mol. The Hall–Kier alpha value is -1.58. The van der Waals surface area contributed by atoms with Crippen LogP contribution in [0.1, 0.15) is 23.6 Å². The Morgan fingerprint density at radius 3 is 2.85 bits per heavy atom. The summed E-state index contributed by atoms with van der Waals surface area (Å²) in [5.74, 6) is 0.524. The lowest BCUT2D eigenvalue weighted by atomic mass is 9.98. The summed E-state index contributed by atoms with van der Waals surface area (Å²) in [4.78, 5) is 6.75. The van der Waals surface area contributed by atoms with Crippen molar-refractivity contribution < 1.29 is 0 Å². The number of pyridine rings is 1. The number of nitrogens with zero attached hydrogens (tertiary/aromatic N) is 2. The lowest BCUT2D eigenvalue weighted by Gasteiger charge is -2.19. The van der Waals surface area contributed by atoms with Crippen molar-refractivity contribution in [3.8, 4) is 0 Å². The third-order valence-corrected chi connectivity index (χ3v) is 4.01. The van der Waals surface area contributed by atoms with Crippen molar-refractivity contribution in [2.24, 2.45) is 5.73 Å². The molecule has 3 nitrogen and oxygen atoms in total. The smallest absolute Gasteiger partial charge is 0.129 e. The molecule has 1 aromatic heterocycles. The van der Waals surface area contributed by atoms with E-state index in [2.05, 4.69) is 34.1 Å². The summed E-state index contributed by atoms with van der Waals surface area (Å²) in [5, 5.41) is 0.550. The predicted molar refractivity (Wildman–Crippen MR) is 83.2 cm³/mol. The van der Waals surface area contributed by atoms with Gasteiger partial charge in [-0.3, -0.25) is 0 Å². The Labute approximate surface area is 124 Å². The van der Waals surface area contributed by atoms with Gasteiger partial charge in [0.05, 0.1) is 12.2 Å². The average molecular weight is 288 g/mol. The summed E-state index contributed by atoms with van der Waals surface area (Å²) in [7, 11) is 0. The van der Waals surface area contributed by atoms with Gasteiger partial charge >= 0.3 is 0 Å². The molecule has 2 aromatic rings. The van der Waals surface area contributed by atoms with Crippen molar-refractivity contribution in [1.82, 2.24) is 4.98 Å². The molecular formula is C16H18ClN3. The standard InChI is InChI=1S/C16H18ClN3/c17-16-7-3-4-13(19-16)11-20-10-12(8-9-18)14-5-1-2-6-15(14)20/h1-7,12H,8-11,18H2. The number of nitrogens with two attached hydrogens (primary N) is 1. The summed E-state index contributed by atoms with van der Waals surface area (Å²) in [6.07, 6.45) is 1.02. The number of rotatable bonds is 4. The molecule has 3 rings (SSSR count). The largest absolute Gasteiger partial charge is 0.365 e. The fourth-order valence-electron chi connectivity index (χ4n) is 2.92. The molecule has 20 heavy (non-hydrogen) atoms. The molecule has 0 spiro atoms.